The highest BCUT2D eigenvalue weighted by atomic mass is 35.5. The average molecular weight is 463 g/mol. The lowest BCUT2D eigenvalue weighted by Crippen LogP contribution is -2.41. The van der Waals surface area contributed by atoms with Gasteiger partial charge in [0.25, 0.3) is 5.56 Å². The monoisotopic (exact) mass is 462 g/mol. The van der Waals surface area contributed by atoms with E-state index in [9.17, 15) is 9.59 Å². The molecule has 0 bridgehead atoms. The Kier molecular flexibility index (Phi) is 5.60. The molecule has 0 unspecified atom stereocenters. The van der Waals surface area contributed by atoms with Crippen LogP contribution in [0.4, 0.5) is 0 Å². The van der Waals surface area contributed by atoms with Gasteiger partial charge in [-0.05, 0) is 24.1 Å². The van der Waals surface area contributed by atoms with Gasteiger partial charge in [-0.15, -0.1) is 0 Å². The number of hydrogen-bond donors (Lipinski definition) is 0. The number of nitrogens with zero attached hydrogens (tertiary/aromatic N) is 6. The van der Waals surface area contributed by atoms with Crippen LogP contribution in [0.3, 0.4) is 0 Å². The molecule has 0 spiro atoms. The lowest BCUT2D eigenvalue weighted by Gasteiger charge is -2.12. The summed E-state index contributed by atoms with van der Waals surface area (Å²) in [5.74, 6) is 0. The molecule has 0 aliphatic rings. The topological polar surface area (TPSA) is 79.1 Å². The molecule has 8 nitrogen and oxygen atoms in total. The van der Waals surface area contributed by atoms with Crippen LogP contribution >= 0.6 is 11.6 Å². The van der Waals surface area contributed by atoms with Gasteiger partial charge in [-0.1, -0.05) is 55.3 Å². The van der Waals surface area contributed by atoms with Crippen molar-refractivity contribution < 1.29 is 0 Å². The summed E-state index contributed by atoms with van der Waals surface area (Å²) in [5.41, 5.74) is 2.45. The molecule has 1 aromatic carbocycles. The van der Waals surface area contributed by atoms with Crippen LogP contribution in [0.15, 0.2) is 70.8 Å². The van der Waals surface area contributed by atoms with E-state index in [1.807, 2.05) is 34.9 Å². The van der Waals surface area contributed by atoms with E-state index in [1.54, 1.807) is 39.8 Å². The van der Waals surface area contributed by atoms with Crippen LogP contribution in [0.5, 0.6) is 0 Å². The first-order chi connectivity index (χ1) is 16.0. The Morgan fingerprint density at radius 2 is 1.79 bits per heavy atom. The number of imidazole rings is 2. The van der Waals surface area contributed by atoms with E-state index in [2.05, 4.69) is 16.9 Å². The molecule has 9 heteroatoms. The molecule has 0 fully saturated rings. The van der Waals surface area contributed by atoms with Crippen molar-refractivity contribution in [1.29, 1.82) is 0 Å². The van der Waals surface area contributed by atoms with E-state index >= 15 is 0 Å². The minimum atomic E-state index is -0.374. The Morgan fingerprint density at radius 3 is 2.58 bits per heavy atom. The fourth-order valence-electron chi connectivity index (χ4n) is 4.05. The van der Waals surface area contributed by atoms with Gasteiger partial charge < -0.3 is 8.97 Å². The first-order valence-corrected chi connectivity index (χ1v) is 11.3. The molecule has 0 radical (unpaired) electrons. The number of halogens is 1. The zero-order valence-electron chi connectivity index (χ0n) is 18.2. The molecule has 5 rings (SSSR count). The van der Waals surface area contributed by atoms with Crippen molar-refractivity contribution >= 4 is 28.4 Å². The molecule has 5 aromatic rings. The summed E-state index contributed by atoms with van der Waals surface area (Å²) in [6.45, 7) is 3.12. The van der Waals surface area contributed by atoms with Gasteiger partial charge in [0.15, 0.2) is 11.2 Å². The highest BCUT2D eigenvalue weighted by Gasteiger charge is 2.19. The largest absolute Gasteiger partial charge is 0.333 e. The number of benzene rings is 1. The van der Waals surface area contributed by atoms with Crippen LogP contribution in [0, 0.1) is 0 Å². The van der Waals surface area contributed by atoms with Gasteiger partial charge in [0.2, 0.25) is 0 Å². The summed E-state index contributed by atoms with van der Waals surface area (Å²) in [4.78, 5) is 35.9. The molecule has 0 amide bonds. The Labute approximate surface area is 194 Å². The summed E-state index contributed by atoms with van der Waals surface area (Å²) < 4.78 is 6.46. The Balaban J connectivity index is 1.65. The normalized spacial score (nSPS) is 11.6. The maximum absolute atomic E-state index is 13.6. The molecule has 0 aliphatic carbocycles. The minimum Gasteiger partial charge on any atom is -0.320 e. The molecule has 0 saturated heterocycles. The molecule has 4 aromatic heterocycles. The Morgan fingerprint density at radius 1 is 0.970 bits per heavy atom. The quantitative estimate of drug-likeness (QED) is 0.370. The molecule has 0 aliphatic heterocycles. The highest BCUT2D eigenvalue weighted by molar-refractivity contribution is 6.30. The number of fused-ring (bicyclic) bond motifs is 2. The zero-order valence-corrected chi connectivity index (χ0v) is 18.9. The fraction of sp³-hybridized carbons (Fsp3) is 0.250. The van der Waals surface area contributed by atoms with E-state index < -0.39 is 0 Å². The van der Waals surface area contributed by atoms with Gasteiger partial charge in [0.1, 0.15) is 5.65 Å². The predicted octanol–water partition coefficient (Wildman–Crippen LogP) is 3.56. The number of aromatic nitrogens is 6. The molecule has 4 heterocycles. The second kappa shape index (κ2) is 8.71. The summed E-state index contributed by atoms with van der Waals surface area (Å²) in [6.07, 6.45) is 6.90. The summed E-state index contributed by atoms with van der Waals surface area (Å²) in [5, 5.41) is 0.580. The van der Waals surface area contributed by atoms with Crippen molar-refractivity contribution in [3.8, 4) is 0 Å². The second-order valence-electron chi connectivity index (χ2n) is 8.05. The molecule has 0 N–H and O–H groups in total. The van der Waals surface area contributed by atoms with Crippen LogP contribution in [0.2, 0.25) is 5.02 Å². The van der Waals surface area contributed by atoms with Crippen molar-refractivity contribution in [2.24, 2.45) is 0 Å². The molecular weight excluding hydrogens is 440 g/mol. The van der Waals surface area contributed by atoms with Gasteiger partial charge in [-0.3, -0.25) is 13.9 Å². The van der Waals surface area contributed by atoms with E-state index in [-0.39, 0.29) is 17.8 Å². The number of aryl methyl sites for hydroxylation is 1. The van der Waals surface area contributed by atoms with Crippen molar-refractivity contribution in [2.45, 2.75) is 39.4 Å². The van der Waals surface area contributed by atoms with E-state index in [4.69, 9.17) is 11.6 Å². The first kappa shape index (κ1) is 21.2. The van der Waals surface area contributed by atoms with Gasteiger partial charge in [-0.2, -0.15) is 0 Å². The lowest BCUT2D eigenvalue weighted by molar-refractivity contribution is 0.566. The van der Waals surface area contributed by atoms with Crippen LogP contribution in [0.1, 0.15) is 31.0 Å². The van der Waals surface area contributed by atoms with Crippen molar-refractivity contribution in [2.75, 3.05) is 0 Å². The second-order valence-corrected chi connectivity index (χ2v) is 8.49. The lowest BCUT2D eigenvalue weighted by atomic mass is 10.2. The van der Waals surface area contributed by atoms with E-state index in [0.717, 1.165) is 18.4 Å². The summed E-state index contributed by atoms with van der Waals surface area (Å²) >= 11 is 6.08. The third-order valence-electron chi connectivity index (χ3n) is 5.70. The SMILES string of the molecule is CCCCn1c(=O)n(Cc2cn3cc(Cl)ccc3n2)c(=O)c2c1ncn2Cc1ccccc1. The van der Waals surface area contributed by atoms with E-state index in [1.165, 1.54) is 4.57 Å². The van der Waals surface area contributed by atoms with Crippen LogP contribution < -0.4 is 11.2 Å². The Hall–Kier alpha value is -3.65. The maximum atomic E-state index is 13.6. The fourth-order valence-corrected chi connectivity index (χ4v) is 4.22. The minimum absolute atomic E-state index is 0.0650. The molecular formula is C24H23ClN6O2. The van der Waals surface area contributed by atoms with Crippen LogP contribution in [0.25, 0.3) is 16.8 Å². The molecule has 33 heavy (non-hydrogen) atoms. The summed E-state index contributed by atoms with van der Waals surface area (Å²) in [6, 6.07) is 13.4. The highest BCUT2D eigenvalue weighted by Crippen LogP contribution is 2.14. The molecule has 168 valence electrons. The molecule has 0 saturated carbocycles. The molecule has 0 atom stereocenters. The third-order valence-corrected chi connectivity index (χ3v) is 5.92. The van der Waals surface area contributed by atoms with Crippen LogP contribution in [-0.2, 0) is 19.6 Å². The number of unbranched alkanes of at least 4 members (excludes halogenated alkanes) is 1. The summed E-state index contributed by atoms with van der Waals surface area (Å²) in [7, 11) is 0. The van der Waals surface area contributed by atoms with Gasteiger partial charge >= 0.3 is 5.69 Å². The van der Waals surface area contributed by atoms with Gasteiger partial charge in [-0.25, -0.2) is 14.8 Å². The number of rotatable bonds is 7. The van der Waals surface area contributed by atoms with Gasteiger partial charge in [0.05, 0.1) is 23.6 Å². The van der Waals surface area contributed by atoms with Crippen LogP contribution in [-0.4, -0.2) is 28.1 Å². The average Bonchev–Trinajstić information content (AvgIpc) is 3.41. The third kappa shape index (κ3) is 3.98. The van der Waals surface area contributed by atoms with E-state index in [0.29, 0.717) is 40.6 Å². The zero-order chi connectivity index (χ0) is 22.9. The Bertz CT molecular complexity index is 1560. The predicted molar refractivity (Wildman–Crippen MR) is 128 cm³/mol. The van der Waals surface area contributed by atoms with Gasteiger partial charge in [0, 0.05) is 25.5 Å². The number of pyridine rings is 1. The standard InChI is InChI=1S/C24H23ClN6O2/c1-2-3-11-30-22-21(29(16-26-22)12-17-7-5-4-6-8-17)23(32)31(24(30)33)15-19-14-28-13-18(25)9-10-20(28)27-19/h4-10,13-14,16H,2-3,11-12,15H2,1H3. The van der Waals surface area contributed by atoms with Crippen molar-refractivity contribution in [1.82, 2.24) is 28.1 Å². The smallest absolute Gasteiger partial charge is 0.320 e. The first-order valence-electron chi connectivity index (χ1n) is 10.9. The number of hydrogen-bond acceptors (Lipinski definition) is 4. The van der Waals surface area contributed by atoms with Crippen molar-refractivity contribution in [3.63, 3.8) is 0 Å². The van der Waals surface area contributed by atoms with Crippen molar-refractivity contribution in [3.05, 3.63) is 98.3 Å². The maximum Gasteiger partial charge on any atom is 0.333 e.